The van der Waals surface area contributed by atoms with Crippen LogP contribution in [0.1, 0.15) is 51.0 Å². The number of hydrogen-bond donors (Lipinski definition) is 0. The van der Waals surface area contributed by atoms with Crippen molar-refractivity contribution < 1.29 is 8.78 Å². The molecule has 0 aliphatic heterocycles. The maximum Gasteiger partial charge on any atom is 0.159 e. The molecule has 3 rings (SSSR count). The van der Waals surface area contributed by atoms with E-state index in [-0.39, 0.29) is 0 Å². The number of halogens is 2. The van der Waals surface area contributed by atoms with Gasteiger partial charge in [-0.25, -0.2) is 8.78 Å². The van der Waals surface area contributed by atoms with Crippen molar-refractivity contribution in [2.75, 3.05) is 0 Å². The van der Waals surface area contributed by atoms with Crippen molar-refractivity contribution >= 4 is 0 Å². The maximum atomic E-state index is 13.4. The Morgan fingerprint density at radius 2 is 1.58 bits per heavy atom. The summed E-state index contributed by atoms with van der Waals surface area (Å²) in [6, 6.07) is 12.3. The minimum Gasteiger partial charge on any atom is -0.204 e. The molecule has 0 heterocycles. The maximum absolute atomic E-state index is 13.4. The summed E-state index contributed by atoms with van der Waals surface area (Å²) in [7, 11) is 0. The zero-order chi connectivity index (χ0) is 18.4. The fraction of sp³-hybridized carbons (Fsp3) is 0.417. The predicted octanol–water partition coefficient (Wildman–Crippen LogP) is 7.34. The first kappa shape index (κ1) is 18.8. The smallest absolute Gasteiger partial charge is 0.159 e. The van der Waals surface area contributed by atoms with Gasteiger partial charge in [-0.2, -0.15) is 0 Å². The molecule has 138 valence electrons. The second-order valence-electron chi connectivity index (χ2n) is 7.48. The van der Waals surface area contributed by atoms with E-state index in [0.717, 1.165) is 30.2 Å². The molecule has 0 N–H and O–H groups in total. The second kappa shape index (κ2) is 9.12. The zero-order valence-electron chi connectivity index (χ0n) is 15.6. The van der Waals surface area contributed by atoms with Gasteiger partial charge in [0, 0.05) is 0 Å². The molecule has 0 amide bonds. The quantitative estimate of drug-likeness (QED) is 0.476. The minimum absolute atomic E-state index is 0.717. The molecule has 0 aromatic heterocycles. The molecule has 0 radical (unpaired) electrons. The van der Waals surface area contributed by atoms with Gasteiger partial charge in [0.25, 0.3) is 0 Å². The van der Waals surface area contributed by atoms with Gasteiger partial charge in [0.05, 0.1) is 0 Å². The van der Waals surface area contributed by atoms with E-state index >= 15 is 0 Å². The van der Waals surface area contributed by atoms with Gasteiger partial charge in [-0.15, -0.1) is 0 Å². The molecule has 26 heavy (non-hydrogen) atoms. The second-order valence-corrected chi connectivity index (χ2v) is 7.48. The van der Waals surface area contributed by atoms with Gasteiger partial charge in [-0.3, -0.25) is 0 Å². The zero-order valence-corrected chi connectivity index (χ0v) is 15.6. The molecule has 1 saturated carbocycles. The lowest BCUT2D eigenvalue weighted by atomic mass is 9.79. The first-order chi connectivity index (χ1) is 12.7. The number of allylic oxidation sites excluding steroid dienone is 2. The van der Waals surface area contributed by atoms with Crippen molar-refractivity contribution in [3.05, 3.63) is 71.8 Å². The monoisotopic (exact) mass is 354 g/mol. The third kappa shape index (κ3) is 5.03. The van der Waals surface area contributed by atoms with E-state index in [1.54, 1.807) is 6.07 Å². The van der Waals surface area contributed by atoms with Crippen molar-refractivity contribution in [2.24, 2.45) is 11.8 Å². The molecule has 0 saturated heterocycles. The predicted molar refractivity (Wildman–Crippen MR) is 105 cm³/mol. The summed E-state index contributed by atoms with van der Waals surface area (Å²) in [4.78, 5) is 0. The highest BCUT2D eigenvalue weighted by molar-refractivity contribution is 5.63. The third-order valence-electron chi connectivity index (χ3n) is 5.58. The summed E-state index contributed by atoms with van der Waals surface area (Å²) in [5.74, 6) is 0.0370. The van der Waals surface area contributed by atoms with Crippen LogP contribution in [0.5, 0.6) is 0 Å². The van der Waals surface area contributed by atoms with Crippen molar-refractivity contribution in [1.82, 2.24) is 0 Å². The summed E-state index contributed by atoms with van der Waals surface area (Å²) in [5.41, 5.74) is 2.97. The molecule has 0 nitrogen and oxygen atoms in total. The first-order valence-corrected chi connectivity index (χ1v) is 9.86. The Labute approximate surface area is 156 Å². The van der Waals surface area contributed by atoms with Crippen molar-refractivity contribution in [3.63, 3.8) is 0 Å². The van der Waals surface area contributed by atoms with Crippen molar-refractivity contribution in [1.29, 1.82) is 0 Å². The third-order valence-corrected chi connectivity index (χ3v) is 5.58. The summed E-state index contributed by atoms with van der Waals surface area (Å²) in [6.45, 7) is 2.19. The average Bonchev–Trinajstić information content (AvgIpc) is 2.68. The molecule has 1 aliphatic carbocycles. The van der Waals surface area contributed by atoms with Crippen LogP contribution in [0.2, 0.25) is 0 Å². The molecule has 0 unspecified atom stereocenters. The highest BCUT2D eigenvalue weighted by atomic mass is 19.2. The summed E-state index contributed by atoms with van der Waals surface area (Å²) in [6.07, 6.45) is 13.5. The Hall–Kier alpha value is -1.96. The average molecular weight is 354 g/mol. The number of aryl methyl sites for hydroxylation is 1. The van der Waals surface area contributed by atoms with Gasteiger partial charge in [0.15, 0.2) is 11.6 Å². The van der Waals surface area contributed by atoms with Gasteiger partial charge in [-0.1, -0.05) is 49.4 Å². The van der Waals surface area contributed by atoms with E-state index < -0.39 is 11.6 Å². The molecule has 0 bridgehead atoms. The topological polar surface area (TPSA) is 0 Å². The lowest BCUT2D eigenvalue weighted by molar-refractivity contribution is 0.296. The molecule has 2 aromatic rings. The molecule has 0 atom stereocenters. The Morgan fingerprint density at radius 1 is 0.885 bits per heavy atom. The summed E-state index contributed by atoms with van der Waals surface area (Å²) < 4.78 is 26.5. The Balaban J connectivity index is 1.50. The lowest BCUT2D eigenvalue weighted by Gasteiger charge is -2.26. The Kier molecular flexibility index (Phi) is 6.60. The minimum atomic E-state index is -0.801. The van der Waals surface area contributed by atoms with Crippen LogP contribution in [0.3, 0.4) is 0 Å². The van der Waals surface area contributed by atoms with E-state index in [1.165, 1.54) is 49.8 Å². The van der Waals surface area contributed by atoms with E-state index in [2.05, 4.69) is 31.2 Å². The van der Waals surface area contributed by atoms with Crippen LogP contribution in [0.15, 0.2) is 54.6 Å². The largest absolute Gasteiger partial charge is 0.204 e. The molecule has 1 aliphatic rings. The van der Waals surface area contributed by atoms with Gasteiger partial charge in [-0.05, 0) is 85.6 Å². The molecular weight excluding hydrogens is 326 g/mol. The Bertz CT molecular complexity index is 722. The highest BCUT2D eigenvalue weighted by Gasteiger charge is 2.19. The van der Waals surface area contributed by atoms with Gasteiger partial charge in [0.2, 0.25) is 0 Å². The van der Waals surface area contributed by atoms with Crippen molar-refractivity contribution in [3.8, 4) is 11.1 Å². The van der Waals surface area contributed by atoms with Crippen LogP contribution in [-0.2, 0) is 6.42 Å². The standard InChI is InChI=1S/C24H28F2/c1-2-3-4-18-5-7-19(8-6-18)9-10-20-11-13-21(14-12-20)22-15-16-23(25)24(26)17-22/h3-4,11-19H,2,5-10H2,1H3/b4-3+. The van der Waals surface area contributed by atoms with Crippen LogP contribution < -0.4 is 0 Å². The number of benzene rings is 2. The number of hydrogen-bond acceptors (Lipinski definition) is 0. The van der Waals surface area contributed by atoms with E-state index in [0.29, 0.717) is 5.56 Å². The SMILES string of the molecule is CC/C=C/C1CCC(CCc2ccc(-c3ccc(F)c(F)c3)cc2)CC1. The van der Waals surface area contributed by atoms with Crippen LogP contribution >= 0.6 is 0 Å². The first-order valence-electron chi connectivity index (χ1n) is 9.86. The van der Waals surface area contributed by atoms with Crippen LogP contribution in [0.25, 0.3) is 11.1 Å². The lowest BCUT2D eigenvalue weighted by Crippen LogP contribution is -2.13. The van der Waals surface area contributed by atoms with Gasteiger partial charge in [0.1, 0.15) is 0 Å². The fourth-order valence-corrected chi connectivity index (χ4v) is 3.91. The van der Waals surface area contributed by atoms with Gasteiger partial charge >= 0.3 is 0 Å². The molecule has 2 heteroatoms. The van der Waals surface area contributed by atoms with Crippen LogP contribution in [0, 0.1) is 23.5 Å². The summed E-state index contributed by atoms with van der Waals surface area (Å²) in [5, 5.41) is 0. The fourth-order valence-electron chi connectivity index (χ4n) is 3.91. The van der Waals surface area contributed by atoms with E-state index in [4.69, 9.17) is 0 Å². The molecule has 0 spiro atoms. The van der Waals surface area contributed by atoms with Crippen LogP contribution in [0.4, 0.5) is 8.78 Å². The molecular formula is C24H28F2. The van der Waals surface area contributed by atoms with E-state index in [9.17, 15) is 8.78 Å². The van der Waals surface area contributed by atoms with Crippen molar-refractivity contribution in [2.45, 2.75) is 51.9 Å². The summed E-state index contributed by atoms with van der Waals surface area (Å²) >= 11 is 0. The molecule has 2 aromatic carbocycles. The highest BCUT2D eigenvalue weighted by Crippen LogP contribution is 2.32. The van der Waals surface area contributed by atoms with Crippen LogP contribution in [-0.4, -0.2) is 0 Å². The normalized spacial score (nSPS) is 20.6. The van der Waals surface area contributed by atoms with E-state index in [1.807, 2.05) is 12.1 Å². The van der Waals surface area contributed by atoms with Gasteiger partial charge < -0.3 is 0 Å². The number of rotatable bonds is 6. The molecule has 1 fully saturated rings. The Morgan fingerprint density at radius 3 is 2.23 bits per heavy atom.